The molecule has 2 aliphatic heterocycles. The summed E-state index contributed by atoms with van der Waals surface area (Å²) in [7, 11) is 0. The fraction of sp³-hybridized carbons (Fsp3) is 0.314. The van der Waals surface area contributed by atoms with Gasteiger partial charge in [-0.2, -0.15) is 5.10 Å². The molecule has 0 atom stereocenters. The lowest BCUT2D eigenvalue weighted by atomic mass is 9.92. The highest BCUT2D eigenvalue weighted by molar-refractivity contribution is 6.09. The average molecular weight is 577 g/mol. The largest absolute Gasteiger partial charge is 0.379 e. The van der Waals surface area contributed by atoms with Gasteiger partial charge in [0.05, 0.1) is 30.3 Å². The van der Waals surface area contributed by atoms with Gasteiger partial charge in [0, 0.05) is 60.3 Å². The molecular weight excluding hydrogens is 536 g/mol. The van der Waals surface area contributed by atoms with Crippen LogP contribution in [0.1, 0.15) is 32.0 Å². The predicted molar refractivity (Wildman–Crippen MR) is 175 cm³/mol. The summed E-state index contributed by atoms with van der Waals surface area (Å²) in [5.41, 5.74) is 6.01. The molecule has 1 fully saturated rings. The zero-order valence-electron chi connectivity index (χ0n) is 25.4. The van der Waals surface area contributed by atoms with Gasteiger partial charge in [0.25, 0.3) is 0 Å². The van der Waals surface area contributed by atoms with Crippen molar-refractivity contribution in [2.45, 2.75) is 33.1 Å². The normalized spacial score (nSPS) is 15.9. The van der Waals surface area contributed by atoms with Crippen molar-refractivity contribution >= 4 is 34.0 Å². The number of ether oxygens (including phenoxy) is 1. The number of amides is 2. The minimum Gasteiger partial charge on any atom is -0.379 e. The summed E-state index contributed by atoms with van der Waals surface area (Å²) < 4.78 is 7.32. The van der Waals surface area contributed by atoms with Crippen LogP contribution in [0.5, 0.6) is 0 Å². The highest BCUT2D eigenvalue weighted by atomic mass is 16.5. The number of benzene rings is 3. The van der Waals surface area contributed by atoms with Gasteiger partial charge >= 0.3 is 6.03 Å². The zero-order valence-corrected chi connectivity index (χ0v) is 25.4. The van der Waals surface area contributed by atoms with Crippen LogP contribution >= 0.6 is 0 Å². The van der Waals surface area contributed by atoms with Crippen molar-refractivity contribution in [2.24, 2.45) is 0 Å². The quantitative estimate of drug-likeness (QED) is 0.262. The predicted octanol–water partition coefficient (Wildman–Crippen LogP) is 6.87. The van der Waals surface area contributed by atoms with Crippen LogP contribution in [0, 0.1) is 6.92 Å². The number of hydrogen-bond donors (Lipinski definition) is 2. The van der Waals surface area contributed by atoms with Crippen LogP contribution in [0.3, 0.4) is 0 Å². The summed E-state index contributed by atoms with van der Waals surface area (Å²) in [5, 5.41) is 13.1. The molecule has 0 aliphatic carbocycles. The summed E-state index contributed by atoms with van der Waals surface area (Å²) in [6.07, 6.45) is 6.47. The van der Waals surface area contributed by atoms with Gasteiger partial charge in [-0.3, -0.25) is 10.2 Å². The molecule has 3 heterocycles. The number of nitrogens with zero attached hydrogens (tertiary/aromatic N) is 4. The number of aryl methyl sites for hydroxylation is 1. The van der Waals surface area contributed by atoms with E-state index in [1.165, 1.54) is 11.1 Å². The Hall–Kier alpha value is -4.40. The monoisotopic (exact) mass is 576 g/mol. The maximum Gasteiger partial charge on any atom is 0.324 e. The van der Waals surface area contributed by atoms with E-state index in [0.717, 1.165) is 72.9 Å². The van der Waals surface area contributed by atoms with Crippen molar-refractivity contribution in [3.05, 3.63) is 102 Å². The van der Waals surface area contributed by atoms with Crippen molar-refractivity contribution in [3.8, 4) is 5.69 Å². The van der Waals surface area contributed by atoms with Crippen LogP contribution in [-0.2, 0) is 10.2 Å². The summed E-state index contributed by atoms with van der Waals surface area (Å²) in [6, 6.07) is 22.1. The number of hydrogen-bond acceptors (Lipinski definition) is 5. The Labute approximate surface area is 253 Å². The maximum absolute atomic E-state index is 13.4. The molecular formula is C35H40N6O2. The first-order valence-electron chi connectivity index (χ1n) is 14.9. The smallest absolute Gasteiger partial charge is 0.324 e. The van der Waals surface area contributed by atoms with E-state index in [-0.39, 0.29) is 11.4 Å². The van der Waals surface area contributed by atoms with Crippen LogP contribution in [0.15, 0.2) is 90.7 Å². The van der Waals surface area contributed by atoms with Crippen LogP contribution in [0.4, 0.5) is 22.0 Å². The van der Waals surface area contributed by atoms with Crippen molar-refractivity contribution in [3.63, 3.8) is 0 Å². The van der Waals surface area contributed by atoms with Gasteiger partial charge in [0.1, 0.15) is 5.82 Å². The Kier molecular flexibility index (Phi) is 8.06. The molecule has 4 aromatic rings. The molecule has 43 heavy (non-hydrogen) atoms. The number of urea groups is 1. The number of anilines is 3. The third-order valence-electron chi connectivity index (χ3n) is 7.96. The van der Waals surface area contributed by atoms with E-state index >= 15 is 0 Å². The number of rotatable bonds is 6. The van der Waals surface area contributed by atoms with Gasteiger partial charge in [-0.15, -0.1) is 0 Å². The Morgan fingerprint density at radius 1 is 0.953 bits per heavy atom. The van der Waals surface area contributed by atoms with Gasteiger partial charge in [-0.05, 0) is 42.8 Å². The van der Waals surface area contributed by atoms with E-state index in [1.54, 1.807) is 4.68 Å². The number of carbonyl (C=O) groups excluding carboxylic acids is 1. The van der Waals surface area contributed by atoms with Gasteiger partial charge in [-0.25, -0.2) is 9.48 Å². The summed E-state index contributed by atoms with van der Waals surface area (Å²) in [6.45, 7) is 13.7. The van der Waals surface area contributed by atoms with Gasteiger partial charge in [0.2, 0.25) is 0 Å². The number of aromatic nitrogens is 2. The van der Waals surface area contributed by atoms with Gasteiger partial charge in [-0.1, -0.05) is 68.8 Å². The molecule has 1 saturated heterocycles. The minimum atomic E-state index is -0.319. The lowest BCUT2D eigenvalue weighted by molar-refractivity contribution is 0.0421. The lowest BCUT2D eigenvalue weighted by Crippen LogP contribution is -2.39. The third-order valence-corrected chi connectivity index (χ3v) is 7.96. The molecule has 222 valence electrons. The minimum absolute atomic E-state index is 0.172. The molecule has 2 N–H and O–H groups in total. The molecule has 3 aromatic carbocycles. The Morgan fingerprint density at radius 2 is 1.70 bits per heavy atom. The Morgan fingerprint density at radius 3 is 2.44 bits per heavy atom. The molecule has 2 amide bonds. The second-order valence-corrected chi connectivity index (χ2v) is 12.4. The first kappa shape index (κ1) is 28.7. The molecule has 6 rings (SSSR count). The van der Waals surface area contributed by atoms with Crippen LogP contribution in [0.25, 0.3) is 16.5 Å². The SMILES string of the molecule is Cc1ccc(-n2nc(C(C)(C)C)cc2NC(=O)Nc2ccc(N3C=CC=C(CN4CCOCC4)C3)c3ccccc23)cc1. The number of morpholine rings is 1. The molecule has 0 saturated carbocycles. The third kappa shape index (κ3) is 6.50. The van der Waals surface area contributed by atoms with Crippen molar-refractivity contribution in [1.29, 1.82) is 0 Å². The topological polar surface area (TPSA) is 74.7 Å². The molecule has 1 aromatic heterocycles. The fourth-order valence-electron chi connectivity index (χ4n) is 5.55. The number of allylic oxidation sites excluding steroid dienone is 2. The fourth-order valence-corrected chi connectivity index (χ4v) is 5.55. The summed E-state index contributed by atoms with van der Waals surface area (Å²) >= 11 is 0. The second-order valence-electron chi connectivity index (χ2n) is 12.4. The Bertz CT molecular complexity index is 1670. The van der Waals surface area contributed by atoms with Crippen molar-refractivity contribution < 1.29 is 9.53 Å². The molecule has 0 radical (unpaired) electrons. The lowest BCUT2D eigenvalue weighted by Gasteiger charge is -2.31. The van der Waals surface area contributed by atoms with E-state index in [9.17, 15) is 4.79 Å². The molecule has 8 heteroatoms. The molecule has 0 bridgehead atoms. The summed E-state index contributed by atoms with van der Waals surface area (Å²) in [4.78, 5) is 18.2. The molecule has 8 nitrogen and oxygen atoms in total. The van der Waals surface area contributed by atoms with Crippen molar-refractivity contribution in [2.75, 3.05) is 54.9 Å². The average Bonchev–Trinajstić information content (AvgIpc) is 3.43. The van der Waals surface area contributed by atoms with Crippen LogP contribution in [0.2, 0.25) is 0 Å². The highest BCUT2D eigenvalue weighted by Gasteiger charge is 2.22. The van der Waals surface area contributed by atoms with Crippen LogP contribution in [-0.4, -0.2) is 60.1 Å². The maximum atomic E-state index is 13.4. The van der Waals surface area contributed by atoms with Gasteiger partial charge in [0.15, 0.2) is 0 Å². The summed E-state index contributed by atoms with van der Waals surface area (Å²) in [5.74, 6) is 0.616. The molecule has 0 spiro atoms. The highest BCUT2D eigenvalue weighted by Crippen LogP contribution is 2.34. The van der Waals surface area contributed by atoms with Gasteiger partial charge < -0.3 is 15.0 Å². The standard InChI is InChI=1S/C35H40N6O2/c1-25-11-13-27(14-12-25)41-33(22-32(38-41)35(2,3)4)37-34(42)36-30-15-16-31(29-10-6-5-9-28(29)30)40-17-7-8-26(24-40)23-39-18-20-43-21-19-39/h5-17,22H,18-21,23-24H2,1-4H3,(H2,36,37,42). The zero-order chi connectivity index (χ0) is 30.0. The Balaban J connectivity index is 1.22. The van der Waals surface area contributed by atoms with E-state index < -0.39 is 0 Å². The first-order valence-corrected chi connectivity index (χ1v) is 14.9. The number of carbonyl (C=O) groups is 1. The van der Waals surface area contributed by atoms with Crippen molar-refractivity contribution in [1.82, 2.24) is 14.7 Å². The van der Waals surface area contributed by atoms with E-state index in [0.29, 0.717) is 5.82 Å². The van der Waals surface area contributed by atoms with E-state index in [2.05, 4.69) is 84.7 Å². The number of nitrogens with one attached hydrogen (secondary N) is 2. The first-order chi connectivity index (χ1) is 20.7. The van der Waals surface area contributed by atoms with Crippen LogP contribution < -0.4 is 15.5 Å². The second kappa shape index (κ2) is 12.1. The van der Waals surface area contributed by atoms with E-state index in [1.807, 2.05) is 48.5 Å². The van der Waals surface area contributed by atoms with E-state index in [4.69, 9.17) is 9.84 Å². The number of fused-ring (bicyclic) bond motifs is 1. The molecule has 2 aliphatic rings. The molecule has 0 unspecified atom stereocenters.